The number of aryl methyl sites for hydroxylation is 1. The van der Waals surface area contributed by atoms with E-state index in [0.29, 0.717) is 10.6 Å². The number of benzene rings is 1. The lowest BCUT2D eigenvalue weighted by atomic mass is 10.1. The number of halogens is 1. The molecule has 2 rings (SSSR count). The first-order valence-corrected chi connectivity index (χ1v) is 5.92. The summed E-state index contributed by atoms with van der Waals surface area (Å²) in [4.78, 5) is 17.8. The zero-order valence-corrected chi connectivity index (χ0v) is 11.0. The molecule has 0 aliphatic rings. The first-order chi connectivity index (χ1) is 8.61. The highest BCUT2D eigenvalue weighted by atomic mass is 35.5. The predicted molar refractivity (Wildman–Crippen MR) is 73.2 cm³/mol. The molecule has 1 aromatic heterocycles. The Morgan fingerprint density at radius 3 is 2.67 bits per heavy atom. The molecule has 92 valence electrons. The van der Waals surface area contributed by atoms with Crippen molar-refractivity contribution in [2.45, 2.75) is 6.92 Å². The second-order valence-corrected chi connectivity index (χ2v) is 4.41. The maximum absolute atomic E-state index is 12.3. The molecular weight excluding hydrogens is 248 g/mol. The second-order valence-electron chi connectivity index (χ2n) is 4.01. The van der Waals surface area contributed by atoms with E-state index in [1.807, 2.05) is 31.2 Å². The SMILES string of the molecule is Cc1ccccc1N(C)C(=O)c1cnccc1Cl. The molecule has 0 fully saturated rings. The van der Waals surface area contributed by atoms with E-state index in [1.165, 1.54) is 6.20 Å². The molecule has 0 radical (unpaired) electrons. The third-order valence-electron chi connectivity index (χ3n) is 2.78. The van der Waals surface area contributed by atoms with Gasteiger partial charge in [-0.25, -0.2) is 0 Å². The molecule has 0 atom stereocenters. The van der Waals surface area contributed by atoms with E-state index in [0.717, 1.165) is 11.3 Å². The summed E-state index contributed by atoms with van der Waals surface area (Å²) < 4.78 is 0. The number of carbonyl (C=O) groups excluding carboxylic acids is 1. The van der Waals surface area contributed by atoms with E-state index in [2.05, 4.69) is 4.98 Å². The first-order valence-electron chi connectivity index (χ1n) is 5.54. The zero-order chi connectivity index (χ0) is 13.1. The smallest absolute Gasteiger partial charge is 0.261 e. The summed E-state index contributed by atoms with van der Waals surface area (Å²) in [6, 6.07) is 9.31. The molecular formula is C14H13ClN2O. The van der Waals surface area contributed by atoms with Crippen LogP contribution in [0.1, 0.15) is 15.9 Å². The fourth-order valence-electron chi connectivity index (χ4n) is 1.76. The quantitative estimate of drug-likeness (QED) is 0.830. The number of rotatable bonds is 2. The Kier molecular flexibility index (Phi) is 3.63. The highest BCUT2D eigenvalue weighted by Gasteiger charge is 2.17. The van der Waals surface area contributed by atoms with Gasteiger partial charge in [-0.05, 0) is 24.6 Å². The van der Waals surface area contributed by atoms with Crippen molar-refractivity contribution in [1.29, 1.82) is 0 Å². The number of hydrogen-bond donors (Lipinski definition) is 0. The molecule has 0 saturated heterocycles. The Morgan fingerprint density at radius 1 is 1.28 bits per heavy atom. The second kappa shape index (κ2) is 5.19. The van der Waals surface area contributed by atoms with Crippen molar-refractivity contribution in [2.24, 2.45) is 0 Å². The molecule has 1 amide bonds. The van der Waals surface area contributed by atoms with E-state index in [4.69, 9.17) is 11.6 Å². The lowest BCUT2D eigenvalue weighted by Gasteiger charge is -2.19. The van der Waals surface area contributed by atoms with Gasteiger partial charge in [-0.1, -0.05) is 29.8 Å². The standard InChI is InChI=1S/C14H13ClN2O/c1-10-5-3-4-6-13(10)17(2)14(18)11-9-16-8-7-12(11)15/h3-9H,1-2H3. The Balaban J connectivity index is 2.36. The van der Waals surface area contributed by atoms with Crippen molar-refractivity contribution < 1.29 is 4.79 Å². The van der Waals surface area contributed by atoms with Crippen LogP contribution in [0.25, 0.3) is 0 Å². The Morgan fingerprint density at radius 2 is 2.00 bits per heavy atom. The van der Waals surface area contributed by atoms with Crippen molar-refractivity contribution in [3.8, 4) is 0 Å². The van der Waals surface area contributed by atoms with Gasteiger partial charge < -0.3 is 4.90 Å². The van der Waals surface area contributed by atoms with Crippen molar-refractivity contribution in [3.05, 3.63) is 58.9 Å². The minimum Gasteiger partial charge on any atom is -0.311 e. The fourth-order valence-corrected chi connectivity index (χ4v) is 1.95. The van der Waals surface area contributed by atoms with Gasteiger partial charge in [0.2, 0.25) is 0 Å². The third-order valence-corrected chi connectivity index (χ3v) is 3.11. The Bertz CT molecular complexity index is 584. The molecule has 0 bridgehead atoms. The first kappa shape index (κ1) is 12.6. The van der Waals surface area contributed by atoms with Crippen molar-refractivity contribution >= 4 is 23.2 Å². The number of carbonyl (C=O) groups is 1. The van der Waals surface area contributed by atoms with Gasteiger partial charge in [0, 0.05) is 25.1 Å². The third kappa shape index (κ3) is 2.36. The highest BCUT2D eigenvalue weighted by molar-refractivity contribution is 6.34. The van der Waals surface area contributed by atoms with Crippen LogP contribution < -0.4 is 4.90 Å². The number of nitrogens with zero attached hydrogens (tertiary/aromatic N) is 2. The highest BCUT2D eigenvalue weighted by Crippen LogP contribution is 2.22. The van der Waals surface area contributed by atoms with Gasteiger partial charge in [-0.2, -0.15) is 0 Å². The molecule has 0 saturated carbocycles. The average Bonchev–Trinajstić information content (AvgIpc) is 2.38. The van der Waals surface area contributed by atoms with Gasteiger partial charge in [0.1, 0.15) is 0 Å². The van der Waals surface area contributed by atoms with Crippen LogP contribution in [0.4, 0.5) is 5.69 Å². The molecule has 0 unspecified atom stereocenters. The largest absolute Gasteiger partial charge is 0.311 e. The number of para-hydroxylation sites is 1. The van der Waals surface area contributed by atoms with E-state index < -0.39 is 0 Å². The minimum absolute atomic E-state index is 0.164. The van der Waals surface area contributed by atoms with Crippen LogP contribution in [0.3, 0.4) is 0 Å². The van der Waals surface area contributed by atoms with Crippen LogP contribution in [0, 0.1) is 6.92 Å². The average molecular weight is 261 g/mol. The zero-order valence-electron chi connectivity index (χ0n) is 10.2. The fraction of sp³-hybridized carbons (Fsp3) is 0.143. The Labute approximate surface area is 111 Å². The predicted octanol–water partition coefficient (Wildman–Crippen LogP) is 3.32. The van der Waals surface area contributed by atoms with Gasteiger partial charge in [0.05, 0.1) is 10.6 Å². The monoisotopic (exact) mass is 260 g/mol. The lowest BCUT2D eigenvalue weighted by Crippen LogP contribution is -2.27. The summed E-state index contributed by atoms with van der Waals surface area (Å²) in [7, 11) is 1.73. The minimum atomic E-state index is -0.164. The van der Waals surface area contributed by atoms with Crippen LogP contribution in [0.5, 0.6) is 0 Å². The molecule has 0 spiro atoms. The molecule has 0 N–H and O–H groups in total. The van der Waals surface area contributed by atoms with Crippen molar-refractivity contribution in [3.63, 3.8) is 0 Å². The van der Waals surface area contributed by atoms with E-state index in [1.54, 1.807) is 24.2 Å². The van der Waals surface area contributed by atoms with Crippen molar-refractivity contribution in [2.75, 3.05) is 11.9 Å². The molecule has 3 nitrogen and oxygen atoms in total. The van der Waals surface area contributed by atoms with Gasteiger partial charge in [-0.3, -0.25) is 9.78 Å². The molecule has 0 aliphatic carbocycles. The van der Waals surface area contributed by atoms with E-state index in [-0.39, 0.29) is 5.91 Å². The van der Waals surface area contributed by atoms with Gasteiger partial charge in [0.25, 0.3) is 5.91 Å². The number of amides is 1. The molecule has 18 heavy (non-hydrogen) atoms. The number of hydrogen-bond acceptors (Lipinski definition) is 2. The maximum atomic E-state index is 12.3. The van der Waals surface area contributed by atoms with Gasteiger partial charge in [0.15, 0.2) is 0 Å². The summed E-state index contributed by atoms with van der Waals surface area (Å²) in [5.74, 6) is -0.164. The molecule has 0 aliphatic heterocycles. The molecule has 4 heteroatoms. The van der Waals surface area contributed by atoms with Crippen LogP contribution >= 0.6 is 11.6 Å². The molecule has 1 aromatic carbocycles. The summed E-state index contributed by atoms with van der Waals surface area (Å²) in [5.41, 5.74) is 2.31. The molecule has 2 aromatic rings. The van der Waals surface area contributed by atoms with Gasteiger partial charge in [-0.15, -0.1) is 0 Å². The maximum Gasteiger partial charge on any atom is 0.261 e. The number of pyridine rings is 1. The molecule has 1 heterocycles. The van der Waals surface area contributed by atoms with Gasteiger partial charge >= 0.3 is 0 Å². The summed E-state index contributed by atoms with van der Waals surface area (Å²) in [6.07, 6.45) is 3.05. The normalized spacial score (nSPS) is 10.2. The van der Waals surface area contributed by atoms with Crippen LogP contribution in [-0.2, 0) is 0 Å². The van der Waals surface area contributed by atoms with Crippen LogP contribution in [-0.4, -0.2) is 17.9 Å². The summed E-state index contributed by atoms with van der Waals surface area (Å²) >= 11 is 6.00. The van der Waals surface area contributed by atoms with Crippen LogP contribution in [0.15, 0.2) is 42.7 Å². The topological polar surface area (TPSA) is 33.2 Å². The summed E-state index contributed by atoms with van der Waals surface area (Å²) in [6.45, 7) is 1.96. The Hall–Kier alpha value is -1.87. The number of anilines is 1. The van der Waals surface area contributed by atoms with E-state index in [9.17, 15) is 4.79 Å². The summed E-state index contributed by atoms with van der Waals surface area (Å²) in [5, 5.41) is 0.412. The van der Waals surface area contributed by atoms with E-state index >= 15 is 0 Å². The van der Waals surface area contributed by atoms with Crippen LogP contribution in [0.2, 0.25) is 5.02 Å². The van der Waals surface area contributed by atoms with Crippen molar-refractivity contribution in [1.82, 2.24) is 4.98 Å². The number of aromatic nitrogens is 1. The lowest BCUT2D eigenvalue weighted by molar-refractivity contribution is 0.0992.